The number of carbonyl (C=O) groups excluding carboxylic acids is 6. The minimum absolute atomic E-state index is 0. The Morgan fingerprint density at radius 2 is 0.831 bits per heavy atom. The van der Waals surface area contributed by atoms with Gasteiger partial charge in [0.2, 0.25) is 11.8 Å². The van der Waals surface area contributed by atoms with Crippen LogP contribution in [-0.4, -0.2) is 124 Å². The second kappa shape index (κ2) is 54.3. The third kappa shape index (κ3) is 37.0. The van der Waals surface area contributed by atoms with E-state index in [1.165, 1.54) is 0 Å². The van der Waals surface area contributed by atoms with Crippen LogP contribution in [0.25, 0.3) is 21.8 Å². The second-order valence-corrected chi connectivity index (χ2v) is 15.3. The van der Waals surface area contributed by atoms with E-state index in [9.17, 15) is 48.9 Å². The molecule has 3 unspecified atom stereocenters. The summed E-state index contributed by atoms with van der Waals surface area (Å²) in [6.45, 7) is 14.3. The van der Waals surface area contributed by atoms with E-state index >= 15 is 0 Å². The van der Waals surface area contributed by atoms with Gasteiger partial charge in [-0.15, -0.1) is 0 Å². The number of aliphatic carboxylic acids is 4. The summed E-state index contributed by atoms with van der Waals surface area (Å²) in [5.41, 5.74) is 3.40. The van der Waals surface area contributed by atoms with E-state index in [2.05, 4.69) is 47.0 Å². The molecule has 4 rings (SSSR count). The summed E-state index contributed by atoms with van der Waals surface area (Å²) in [6.07, 6.45) is 4.28. The van der Waals surface area contributed by atoms with Gasteiger partial charge in [-0.2, -0.15) is 0 Å². The summed E-state index contributed by atoms with van der Waals surface area (Å²) < 4.78 is 0. The number of para-hydroxylation sites is 2. The third-order valence-electron chi connectivity index (χ3n) is 10.4. The standard InChI is InChI=1S/C45H57N7O11.3CO.7BrH.Re/c53-38(46-27-11-9-18-36(43(59)60)51-45(63)52-37(44(61)62)25-26-40(55)56)19-3-1-2-4-20-39(54)50-35(42(57)58)17-10-12-28-47-41(33-23-21-29-13-5-7-15-31(29)48-33)34-24-22-30-14-6-8-16-32(30)49-34;3*1-2;;;;;;;;/h5-8,13-16,21-24,35-37,41,47H,1-4,9-12,17-20,25-28H2,(H,46,53)(H,50,54)(H,55,56)(H,57,58)(H,59,60)(H,61,62)(H2,51,52,63);;;;7*1H;/q;;;;;;;;;;;+7/p-7. The maximum absolute atomic E-state index is 12.6. The minimum Gasteiger partial charge on any atom is -1.00 e. The van der Waals surface area contributed by atoms with Crippen LogP contribution in [0.15, 0.2) is 72.8 Å². The predicted octanol–water partition coefficient (Wildman–Crippen LogP) is -17.3. The van der Waals surface area contributed by atoms with Gasteiger partial charge in [-0.3, -0.25) is 38.7 Å². The van der Waals surface area contributed by atoms with Gasteiger partial charge < -0.3 is 166 Å². The van der Waals surface area contributed by atoms with Crippen molar-refractivity contribution in [3.05, 3.63) is 84.2 Å². The van der Waals surface area contributed by atoms with Crippen LogP contribution < -0.4 is 145 Å². The summed E-state index contributed by atoms with van der Waals surface area (Å²) in [4.78, 5) is 115. The number of urea groups is 1. The number of nitrogens with one attached hydrogen (secondary N) is 5. The number of halogens is 7. The number of carboxylic acids is 4. The summed E-state index contributed by atoms with van der Waals surface area (Å²) in [6, 6.07) is 18.7. The quantitative estimate of drug-likeness (QED) is 0.0228. The van der Waals surface area contributed by atoms with Crippen molar-refractivity contribution in [1.29, 1.82) is 0 Å². The summed E-state index contributed by atoms with van der Waals surface area (Å²) in [5, 5.41) is 52.5. The molecule has 2 aromatic carbocycles. The van der Waals surface area contributed by atoms with Crippen molar-refractivity contribution in [3.8, 4) is 0 Å². The smallest absolute Gasteiger partial charge is 1.00 e. The van der Waals surface area contributed by atoms with E-state index in [1.54, 1.807) is 0 Å². The SMILES string of the molecule is O=C(O)CCC(NC(=O)NC(CCCCNC(=O)CCCCCCC(=O)NC(CCCCNC(c1ccc2ccccc2n1)c1ccc2ccccc2n1)C(=O)O)C(=O)O)C(=O)O.[Br-].[Br-].[Br-].[Br-].[Br-].[Br-].[Br-].[C]=O.[C]=O.[C]=O.[Re+7]. The molecule has 3 atom stereocenters. The molecule has 0 aliphatic rings. The average molecular weight is 1700 g/mol. The molecule has 0 fully saturated rings. The van der Waals surface area contributed by atoms with Crippen molar-refractivity contribution in [3.63, 3.8) is 0 Å². The number of unbranched alkanes of at least 4 members (excludes halogenated alkanes) is 5. The molecule has 0 saturated carbocycles. The number of nitrogens with zero attached hydrogens (tertiary/aromatic N) is 2. The van der Waals surface area contributed by atoms with Crippen LogP contribution in [0.5, 0.6) is 0 Å². The number of amides is 4. The molecule has 9 N–H and O–H groups in total. The molecular formula is C48H57Br7N7O14Re. The molecule has 21 nitrogen and oxygen atoms in total. The van der Waals surface area contributed by atoms with Crippen LogP contribution in [0.2, 0.25) is 0 Å². The van der Waals surface area contributed by atoms with Gasteiger partial charge >= 0.3 is 50.3 Å². The number of carboxylic acid groups (broad SMARTS) is 4. The van der Waals surface area contributed by atoms with Gasteiger partial charge in [-0.1, -0.05) is 61.4 Å². The average Bonchev–Trinajstić information content (AvgIpc) is 3.35. The molecule has 0 aliphatic carbocycles. The topological polar surface area (TPSA) is 338 Å². The Labute approximate surface area is 534 Å². The van der Waals surface area contributed by atoms with E-state index in [4.69, 9.17) is 29.5 Å². The maximum atomic E-state index is 12.6. The number of rotatable bonds is 29. The summed E-state index contributed by atoms with van der Waals surface area (Å²) in [5.74, 6) is -5.65. The predicted molar refractivity (Wildman–Crippen MR) is 250 cm³/mol. The van der Waals surface area contributed by atoms with E-state index in [-0.39, 0.29) is 196 Å². The number of carbonyl (C=O) groups is 7. The monoisotopic (exact) mass is 1690 g/mol. The number of fused-ring (bicyclic) bond motifs is 2. The zero-order chi connectivity index (χ0) is 51.6. The fourth-order valence-corrected chi connectivity index (χ4v) is 6.94. The molecule has 0 aliphatic heterocycles. The molecule has 0 bridgehead atoms. The third-order valence-corrected chi connectivity index (χ3v) is 10.4. The molecule has 0 spiro atoms. The molecule has 424 valence electrons. The first-order chi connectivity index (χ1) is 33.3. The zero-order valence-electron chi connectivity index (χ0n) is 40.8. The summed E-state index contributed by atoms with van der Waals surface area (Å²) >= 11 is 0. The number of aromatic nitrogens is 2. The van der Waals surface area contributed by atoms with Gasteiger partial charge in [0.25, 0.3) is 20.4 Å². The summed E-state index contributed by atoms with van der Waals surface area (Å²) in [7, 11) is 0. The Hall–Kier alpha value is -3.66. The number of benzene rings is 2. The van der Waals surface area contributed by atoms with Crippen molar-refractivity contribution in [1.82, 2.24) is 36.6 Å². The van der Waals surface area contributed by atoms with Gasteiger partial charge in [-0.05, 0) is 88.6 Å². The maximum Gasteiger partial charge on any atom is 7.00 e. The molecule has 4 amide bonds. The molecule has 2 aromatic heterocycles. The van der Waals surface area contributed by atoms with E-state index < -0.39 is 54.5 Å². The molecule has 4 aromatic rings. The Kier molecular flexibility index (Phi) is 63.4. The fourth-order valence-electron chi connectivity index (χ4n) is 6.94. The normalized spacial score (nSPS) is 10.5. The molecule has 0 saturated heterocycles. The Morgan fingerprint density at radius 1 is 0.442 bits per heavy atom. The van der Waals surface area contributed by atoms with Crippen molar-refractivity contribution < 1.29 is 208 Å². The first-order valence-electron chi connectivity index (χ1n) is 21.9. The largest absolute Gasteiger partial charge is 7.00 e. The van der Waals surface area contributed by atoms with Gasteiger partial charge in [0, 0.05) is 36.6 Å². The van der Waals surface area contributed by atoms with Crippen LogP contribution in [0.1, 0.15) is 107 Å². The van der Waals surface area contributed by atoms with Gasteiger partial charge in [0.15, 0.2) is 0 Å². The molecule has 29 heteroatoms. The molecular weight excluding hydrogens is 1640 g/mol. The van der Waals surface area contributed by atoms with Gasteiger partial charge in [0.1, 0.15) is 18.1 Å². The molecule has 77 heavy (non-hydrogen) atoms. The second-order valence-electron chi connectivity index (χ2n) is 15.3. The number of pyridine rings is 2. The Balaban J connectivity index is -0.000000547. The molecule has 6 radical (unpaired) electrons. The first-order valence-corrected chi connectivity index (χ1v) is 21.9. The van der Waals surface area contributed by atoms with Crippen LogP contribution in [0.3, 0.4) is 0 Å². The zero-order valence-corrected chi connectivity index (χ0v) is 54.7. The van der Waals surface area contributed by atoms with Crippen LogP contribution in [0, 0.1) is 0 Å². The van der Waals surface area contributed by atoms with Crippen LogP contribution in [-0.2, 0) is 63.6 Å². The number of hydrogen-bond acceptors (Lipinski definition) is 13. The van der Waals surface area contributed by atoms with E-state index in [1.807, 2.05) is 72.8 Å². The first kappa shape index (κ1) is 89.9. The van der Waals surface area contributed by atoms with Crippen molar-refractivity contribution in [2.45, 2.75) is 114 Å². The Morgan fingerprint density at radius 3 is 1.26 bits per heavy atom. The van der Waals surface area contributed by atoms with Crippen molar-refractivity contribution >= 4 is 83.9 Å². The Bertz CT molecular complexity index is 2200. The van der Waals surface area contributed by atoms with Crippen molar-refractivity contribution in [2.75, 3.05) is 13.1 Å². The van der Waals surface area contributed by atoms with Gasteiger partial charge in [0.05, 0.1) is 28.5 Å². The fraction of sp³-hybridized carbons (Fsp3) is 0.417. The van der Waals surface area contributed by atoms with E-state index in [0.29, 0.717) is 57.9 Å². The molecule has 2 heterocycles. The van der Waals surface area contributed by atoms with Crippen LogP contribution >= 0.6 is 0 Å². The van der Waals surface area contributed by atoms with E-state index in [0.717, 1.165) is 33.2 Å². The van der Waals surface area contributed by atoms with Crippen LogP contribution in [0.4, 0.5) is 4.79 Å². The van der Waals surface area contributed by atoms with Gasteiger partial charge in [-0.25, -0.2) is 19.2 Å². The van der Waals surface area contributed by atoms with Crippen molar-refractivity contribution in [2.24, 2.45) is 0 Å². The number of hydrogen-bond donors (Lipinski definition) is 9. The minimum atomic E-state index is -1.50.